The molecule has 1 saturated heterocycles. The number of imide groups is 2. The standard InChI is InChI=1S/C26H19ClN2O6/c1-34-25(32)16-10-12-19(13-11-16)29-24(31)20(23(30)28-26(29)33)14-17-6-3-5-9-22(17)35-15-18-7-2-4-8-21(18)27/h2-14H,15H2,1H3,(H,28,30,33)/b20-14-. The van der Waals surface area contributed by atoms with Crippen molar-refractivity contribution in [1.29, 1.82) is 0 Å². The monoisotopic (exact) mass is 490 g/mol. The quantitative estimate of drug-likeness (QED) is 0.313. The first-order valence-electron chi connectivity index (χ1n) is 10.4. The molecule has 4 rings (SSSR count). The van der Waals surface area contributed by atoms with Crippen LogP contribution in [0.25, 0.3) is 6.08 Å². The summed E-state index contributed by atoms with van der Waals surface area (Å²) >= 11 is 6.19. The molecular weight excluding hydrogens is 472 g/mol. The molecule has 0 atom stereocenters. The van der Waals surface area contributed by atoms with Crippen LogP contribution in [0.5, 0.6) is 5.75 Å². The average Bonchev–Trinajstić information content (AvgIpc) is 2.86. The van der Waals surface area contributed by atoms with Crippen molar-refractivity contribution in [3.05, 3.63) is 100 Å². The van der Waals surface area contributed by atoms with E-state index in [0.29, 0.717) is 16.3 Å². The topological polar surface area (TPSA) is 102 Å². The van der Waals surface area contributed by atoms with Crippen LogP contribution in [0, 0.1) is 0 Å². The number of rotatable bonds is 6. The fourth-order valence-electron chi connectivity index (χ4n) is 3.41. The summed E-state index contributed by atoms with van der Waals surface area (Å²) < 4.78 is 10.6. The zero-order valence-corrected chi connectivity index (χ0v) is 19.2. The van der Waals surface area contributed by atoms with Crippen molar-refractivity contribution in [1.82, 2.24) is 5.32 Å². The number of para-hydroxylation sites is 1. The van der Waals surface area contributed by atoms with Gasteiger partial charge < -0.3 is 9.47 Å². The molecule has 0 saturated carbocycles. The van der Waals surface area contributed by atoms with Gasteiger partial charge in [0, 0.05) is 16.1 Å². The van der Waals surface area contributed by atoms with Crippen molar-refractivity contribution in [2.45, 2.75) is 6.61 Å². The number of carbonyl (C=O) groups excluding carboxylic acids is 4. The van der Waals surface area contributed by atoms with E-state index in [4.69, 9.17) is 16.3 Å². The number of ether oxygens (including phenoxy) is 2. The third kappa shape index (κ3) is 5.07. The lowest BCUT2D eigenvalue weighted by Gasteiger charge is -2.26. The SMILES string of the molecule is COC(=O)c1ccc(N2C(=O)NC(=O)/C(=C/c3ccccc3OCc3ccccc3Cl)C2=O)cc1. The minimum absolute atomic E-state index is 0.178. The van der Waals surface area contributed by atoms with E-state index in [1.54, 1.807) is 30.3 Å². The van der Waals surface area contributed by atoms with Gasteiger partial charge in [0.1, 0.15) is 17.9 Å². The summed E-state index contributed by atoms with van der Waals surface area (Å²) in [5.74, 6) is -1.78. The van der Waals surface area contributed by atoms with Crippen molar-refractivity contribution >= 4 is 47.2 Å². The van der Waals surface area contributed by atoms with Crippen LogP contribution in [0.2, 0.25) is 5.02 Å². The van der Waals surface area contributed by atoms with Gasteiger partial charge in [-0.1, -0.05) is 48.0 Å². The molecular formula is C26H19ClN2O6. The van der Waals surface area contributed by atoms with Crippen molar-refractivity contribution in [2.75, 3.05) is 12.0 Å². The summed E-state index contributed by atoms with van der Waals surface area (Å²) in [5.41, 5.74) is 1.42. The summed E-state index contributed by atoms with van der Waals surface area (Å²) in [4.78, 5) is 50.7. The maximum atomic E-state index is 13.2. The molecule has 1 aliphatic rings. The van der Waals surface area contributed by atoms with Gasteiger partial charge in [0.15, 0.2) is 0 Å². The number of nitrogens with zero attached hydrogens (tertiary/aromatic N) is 1. The lowest BCUT2D eigenvalue weighted by molar-refractivity contribution is -0.122. The predicted octanol–water partition coefficient (Wildman–Crippen LogP) is 4.37. The molecule has 3 aromatic carbocycles. The minimum atomic E-state index is -0.897. The Morgan fingerprint density at radius 3 is 2.37 bits per heavy atom. The highest BCUT2D eigenvalue weighted by molar-refractivity contribution is 6.39. The number of nitrogens with one attached hydrogen (secondary N) is 1. The number of barbiturate groups is 1. The number of methoxy groups -OCH3 is 1. The Labute approximate surface area is 205 Å². The highest BCUT2D eigenvalue weighted by atomic mass is 35.5. The Morgan fingerprint density at radius 1 is 0.971 bits per heavy atom. The summed E-state index contributed by atoms with van der Waals surface area (Å²) in [5, 5.41) is 2.72. The summed E-state index contributed by atoms with van der Waals surface area (Å²) in [6.45, 7) is 0.178. The third-order valence-corrected chi connectivity index (χ3v) is 5.58. The first-order valence-corrected chi connectivity index (χ1v) is 10.8. The lowest BCUT2D eigenvalue weighted by atomic mass is 10.1. The van der Waals surface area contributed by atoms with Crippen LogP contribution in [0.1, 0.15) is 21.5 Å². The van der Waals surface area contributed by atoms with E-state index in [0.717, 1.165) is 10.5 Å². The van der Waals surface area contributed by atoms with E-state index in [1.807, 2.05) is 18.2 Å². The molecule has 4 amide bonds. The summed E-state index contributed by atoms with van der Waals surface area (Å²) in [6, 6.07) is 18.9. The zero-order chi connectivity index (χ0) is 24.9. The average molecular weight is 491 g/mol. The Bertz CT molecular complexity index is 1350. The van der Waals surface area contributed by atoms with Gasteiger partial charge in [-0.05, 0) is 42.5 Å². The summed E-state index contributed by atoms with van der Waals surface area (Å²) in [7, 11) is 1.25. The van der Waals surface area contributed by atoms with E-state index in [9.17, 15) is 19.2 Å². The minimum Gasteiger partial charge on any atom is -0.488 e. The molecule has 0 aliphatic carbocycles. The lowest BCUT2D eigenvalue weighted by Crippen LogP contribution is -2.54. The van der Waals surface area contributed by atoms with E-state index in [1.165, 1.54) is 37.5 Å². The number of urea groups is 1. The van der Waals surface area contributed by atoms with Gasteiger partial charge >= 0.3 is 12.0 Å². The molecule has 0 spiro atoms. The number of amides is 4. The van der Waals surface area contributed by atoms with Gasteiger partial charge in [0.2, 0.25) is 0 Å². The van der Waals surface area contributed by atoms with E-state index >= 15 is 0 Å². The molecule has 1 N–H and O–H groups in total. The molecule has 176 valence electrons. The molecule has 1 aliphatic heterocycles. The number of hydrogen-bond donors (Lipinski definition) is 1. The molecule has 0 radical (unpaired) electrons. The number of esters is 1. The normalized spacial score (nSPS) is 14.6. The molecule has 0 unspecified atom stereocenters. The third-order valence-electron chi connectivity index (χ3n) is 5.21. The fraction of sp³-hybridized carbons (Fsp3) is 0.0769. The van der Waals surface area contributed by atoms with Gasteiger partial charge in [-0.2, -0.15) is 0 Å². The smallest absolute Gasteiger partial charge is 0.337 e. The Kier molecular flexibility index (Phi) is 6.93. The zero-order valence-electron chi connectivity index (χ0n) is 18.5. The van der Waals surface area contributed by atoms with E-state index in [-0.39, 0.29) is 23.4 Å². The van der Waals surface area contributed by atoms with Crippen molar-refractivity contribution in [3.63, 3.8) is 0 Å². The Morgan fingerprint density at radius 2 is 1.66 bits per heavy atom. The van der Waals surface area contributed by atoms with Crippen molar-refractivity contribution in [2.24, 2.45) is 0 Å². The fourth-order valence-corrected chi connectivity index (χ4v) is 3.60. The molecule has 1 fully saturated rings. The molecule has 8 nitrogen and oxygen atoms in total. The van der Waals surface area contributed by atoms with Crippen LogP contribution in [0.15, 0.2) is 78.4 Å². The first kappa shape index (κ1) is 23.7. The predicted molar refractivity (Wildman–Crippen MR) is 129 cm³/mol. The molecule has 9 heteroatoms. The van der Waals surface area contributed by atoms with Gasteiger partial charge in [0.25, 0.3) is 11.8 Å². The van der Waals surface area contributed by atoms with Gasteiger partial charge in [-0.3, -0.25) is 14.9 Å². The highest BCUT2D eigenvalue weighted by Gasteiger charge is 2.37. The van der Waals surface area contributed by atoms with Crippen LogP contribution in [-0.2, 0) is 20.9 Å². The van der Waals surface area contributed by atoms with Crippen LogP contribution < -0.4 is 15.0 Å². The number of halogens is 1. The second-order valence-corrected chi connectivity index (χ2v) is 7.82. The second kappa shape index (κ2) is 10.2. The van der Waals surface area contributed by atoms with Gasteiger partial charge in [0.05, 0.1) is 18.4 Å². The largest absolute Gasteiger partial charge is 0.488 e. The number of benzene rings is 3. The van der Waals surface area contributed by atoms with Crippen LogP contribution >= 0.6 is 11.6 Å². The molecule has 3 aromatic rings. The Hall–Kier alpha value is -4.43. The van der Waals surface area contributed by atoms with E-state index in [2.05, 4.69) is 10.1 Å². The molecule has 0 aromatic heterocycles. The molecule has 1 heterocycles. The van der Waals surface area contributed by atoms with Crippen molar-refractivity contribution in [3.8, 4) is 5.75 Å². The van der Waals surface area contributed by atoms with E-state index < -0.39 is 23.8 Å². The summed E-state index contributed by atoms with van der Waals surface area (Å²) in [6.07, 6.45) is 1.36. The Balaban J connectivity index is 1.62. The maximum Gasteiger partial charge on any atom is 0.337 e. The van der Waals surface area contributed by atoms with Crippen LogP contribution in [0.3, 0.4) is 0 Å². The maximum absolute atomic E-state index is 13.2. The van der Waals surface area contributed by atoms with Gasteiger partial charge in [-0.25, -0.2) is 14.5 Å². The number of anilines is 1. The molecule has 35 heavy (non-hydrogen) atoms. The highest BCUT2D eigenvalue weighted by Crippen LogP contribution is 2.27. The van der Waals surface area contributed by atoms with Gasteiger partial charge in [-0.15, -0.1) is 0 Å². The number of hydrogen-bond acceptors (Lipinski definition) is 6. The number of carbonyl (C=O) groups is 4. The second-order valence-electron chi connectivity index (χ2n) is 7.41. The van der Waals surface area contributed by atoms with Crippen LogP contribution in [0.4, 0.5) is 10.5 Å². The molecule has 0 bridgehead atoms. The first-order chi connectivity index (χ1) is 16.9. The van der Waals surface area contributed by atoms with Crippen LogP contribution in [-0.4, -0.2) is 30.9 Å². The van der Waals surface area contributed by atoms with Crippen molar-refractivity contribution < 1.29 is 28.7 Å².